The number of esters is 1. The van der Waals surface area contributed by atoms with Gasteiger partial charge in [-0.25, -0.2) is 0 Å². The van der Waals surface area contributed by atoms with E-state index in [-0.39, 0.29) is 12.1 Å². The van der Waals surface area contributed by atoms with Crippen LogP contribution >= 0.6 is 0 Å². The molecule has 1 atom stereocenters. The van der Waals surface area contributed by atoms with Crippen molar-refractivity contribution in [3.8, 4) is 0 Å². The molecule has 0 aromatic heterocycles. The lowest BCUT2D eigenvalue weighted by Gasteiger charge is -2.52. The number of ether oxygens (including phenoxy) is 1. The van der Waals surface area contributed by atoms with Gasteiger partial charge in [0.25, 0.3) is 0 Å². The summed E-state index contributed by atoms with van der Waals surface area (Å²) in [6, 6.07) is 0. The van der Waals surface area contributed by atoms with Gasteiger partial charge in [-0.3, -0.25) is 4.79 Å². The summed E-state index contributed by atoms with van der Waals surface area (Å²) in [6.07, 6.45) is 10.9. The Balaban J connectivity index is 1.73. The van der Waals surface area contributed by atoms with Crippen LogP contribution in [0, 0.1) is 5.92 Å². The normalized spacial score (nSPS) is 32.3. The van der Waals surface area contributed by atoms with Crippen LogP contribution in [0.5, 0.6) is 0 Å². The van der Waals surface area contributed by atoms with Gasteiger partial charge >= 0.3 is 5.97 Å². The minimum atomic E-state index is -0.0959. The van der Waals surface area contributed by atoms with Crippen LogP contribution in [0.1, 0.15) is 65.2 Å². The number of piperidine rings is 3. The number of hydrogen-bond donors (Lipinski definition) is 0. The van der Waals surface area contributed by atoms with Gasteiger partial charge in [-0.1, -0.05) is 32.6 Å². The minimum absolute atomic E-state index is 0.0959. The Kier molecular flexibility index (Phi) is 5.88. The van der Waals surface area contributed by atoms with Crippen LogP contribution in [0.2, 0.25) is 0 Å². The number of fused-ring (bicyclic) bond motifs is 3. The highest BCUT2D eigenvalue weighted by Gasteiger charge is 2.46. The van der Waals surface area contributed by atoms with Crippen LogP contribution in [0.25, 0.3) is 0 Å². The van der Waals surface area contributed by atoms with Gasteiger partial charge in [-0.05, 0) is 12.8 Å². The lowest BCUT2D eigenvalue weighted by Crippen LogP contribution is -2.64. The van der Waals surface area contributed by atoms with Crippen molar-refractivity contribution in [2.24, 2.45) is 5.92 Å². The zero-order valence-corrected chi connectivity index (χ0v) is 13.4. The predicted molar refractivity (Wildman–Crippen MR) is 81.4 cm³/mol. The average molecular weight is 282 g/mol. The van der Waals surface area contributed by atoms with E-state index in [0.717, 1.165) is 6.54 Å². The Hall–Kier alpha value is -0.570. The molecule has 0 spiro atoms. The van der Waals surface area contributed by atoms with Crippen molar-refractivity contribution in [1.29, 1.82) is 0 Å². The van der Waals surface area contributed by atoms with Gasteiger partial charge in [0.2, 0.25) is 0 Å². The molecule has 3 aliphatic heterocycles. The molecule has 1 unspecified atom stereocenters. The van der Waals surface area contributed by atoms with Crippen LogP contribution in [0.4, 0.5) is 0 Å². The van der Waals surface area contributed by atoms with Crippen molar-refractivity contribution in [3.05, 3.63) is 0 Å². The van der Waals surface area contributed by atoms with Crippen molar-refractivity contribution in [2.45, 2.75) is 71.3 Å². The van der Waals surface area contributed by atoms with E-state index >= 15 is 0 Å². The summed E-state index contributed by atoms with van der Waals surface area (Å²) in [6.45, 7) is 8.84. The Morgan fingerprint density at radius 2 is 1.75 bits per heavy atom. The number of nitrogens with zero attached hydrogens (tertiary/aromatic N) is 1. The van der Waals surface area contributed by atoms with Gasteiger partial charge in [0.05, 0.1) is 19.6 Å². The zero-order valence-electron chi connectivity index (χ0n) is 13.4. The highest BCUT2D eigenvalue weighted by molar-refractivity contribution is 5.66. The molecule has 0 radical (unpaired) electrons. The molecule has 0 N–H and O–H groups in total. The first-order valence-corrected chi connectivity index (χ1v) is 8.67. The lowest BCUT2D eigenvalue weighted by molar-refractivity contribution is -0.946. The molecule has 0 aliphatic carbocycles. The number of unbranched alkanes of at least 4 members (excludes halogenated alkanes) is 5. The Bertz CT molecular complexity index is 308. The topological polar surface area (TPSA) is 26.3 Å². The molecule has 0 saturated carbocycles. The third kappa shape index (κ3) is 4.21. The fourth-order valence-electron chi connectivity index (χ4n) is 4.11. The summed E-state index contributed by atoms with van der Waals surface area (Å²) in [4.78, 5) is 11.2. The molecule has 3 aliphatic rings. The average Bonchev–Trinajstić information content (AvgIpc) is 2.43. The number of hydrogen-bond acceptors (Lipinski definition) is 2. The molecule has 2 bridgehead atoms. The molecule has 20 heavy (non-hydrogen) atoms. The first kappa shape index (κ1) is 15.8. The summed E-state index contributed by atoms with van der Waals surface area (Å²) < 4.78 is 6.78. The van der Waals surface area contributed by atoms with Gasteiger partial charge in [0.1, 0.15) is 6.54 Å². The van der Waals surface area contributed by atoms with Gasteiger partial charge in [0, 0.05) is 25.7 Å². The highest BCUT2D eigenvalue weighted by Crippen LogP contribution is 2.36. The van der Waals surface area contributed by atoms with Crippen molar-refractivity contribution in [3.63, 3.8) is 0 Å². The summed E-state index contributed by atoms with van der Waals surface area (Å²) in [5.74, 6) is 0.546. The largest absolute Gasteiger partial charge is 0.456 e. The molecule has 0 aromatic rings. The molecule has 3 nitrogen and oxygen atoms in total. The smallest absolute Gasteiger partial charge is 0.303 e. The van der Waals surface area contributed by atoms with E-state index in [4.69, 9.17) is 4.74 Å². The van der Waals surface area contributed by atoms with Crippen molar-refractivity contribution in [1.82, 2.24) is 0 Å². The Morgan fingerprint density at radius 1 is 1.10 bits per heavy atom. The van der Waals surface area contributed by atoms with E-state index < -0.39 is 0 Å². The molecule has 3 heteroatoms. The van der Waals surface area contributed by atoms with Gasteiger partial charge in [-0.15, -0.1) is 0 Å². The van der Waals surface area contributed by atoms with Gasteiger partial charge in [-0.2, -0.15) is 0 Å². The summed E-state index contributed by atoms with van der Waals surface area (Å²) >= 11 is 0. The number of rotatable bonds is 8. The second-order valence-electron chi connectivity index (χ2n) is 6.95. The maximum Gasteiger partial charge on any atom is 0.303 e. The number of quaternary nitrogens is 1. The van der Waals surface area contributed by atoms with Crippen LogP contribution in [-0.4, -0.2) is 42.7 Å². The lowest BCUT2D eigenvalue weighted by atomic mass is 9.83. The van der Waals surface area contributed by atoms with Gasteiger partial charge in [0.15, 0.2) is 6.10 Å². The third-order valence-corrected chi connectivity index (χ3v) is 5.34. The number of carbonyl (C=O) groups is 1. The van der Waals surface area contributed by atoms with Crippen LogP contribution in [0.3, 0.4) is 0 Å². The molecule has 0 aromatic carbocycles. The Morgan fingerprint density at radius 3 is 2.40 bits per heavy atom. The van der Waals surface area contributed by atoms with E-state index in [1.165, 1.54) is 75.5 Å². The summed E-state index contributed by atoms with van der Waals surface area (Å²) in [5, 5.41) is 0. The monoisotopic (exact) mass is 282 g/mol. The molecule has 3 rings (SSSR count). The van der Waals surface area contributed by atoms with Gasteiger partial charge < -0.3 is 9.22 Å². The molecule has 3 saturated heterocycles. The first-order chi connectivity index (χ1) is 9.65. The quantitative estimate of drug-likeness (QED) is 0.387. The predicted octanol–water partition coefficient (Wildman–Crippen LogP) is 3.52. The third-order valence-electron chi connectivity index (χ3n) is 5.34. The second kappa shape index (κ2) is 7.44. The molecule has 116 valence electrons. The van der Waals surface area contributed by atoms with Crippen LogP contribution in [-0.2, 0) is 9.53 Å². The standard InChI is InChI=1S/C17H32NO2/c1-3-4-5-6-7-8-11-18-12-9-16(10-13-18)17(14-18)20-15(2)19/h16-17H,3-14H2,1-2H3/q+1. The summed E-state index contributed by atoms with van der Waals surface area (Å²) in [7, 11) is 0. The fraction of sp³-hybridized carbons (Fsp3) is 0.941. The second-order valence-corrected chi connectivity index (χ2v) is 6.95. The van der Waals surface area contributed by atoms with E-state index in [2.05, 4.69) is 6.92 Å². The minimum Gasteiger partial charge on any atom is -0.456 e. The van der Waals surface area contributed by atoms with E-state index in [9.17, 15) is 4.79 Å². The van der Waals surface area contributed by atoms with E-state index in [1.807, 2.05) is 0 Å². The van der Waals surface area contributed by atoms with Crippen molar-refractivity contribution in [2.75, 3.05) is 26.2 Å². The van der Waals surface area contributed by atoms with Crippen LogP contribution < -0.4 is 0 Å². The van der Waals surface area contributed by atoms with E-state index in [1.54, 1.807) is 6.92 Å². The number of carbonyl (C=O) groups excluding carboxylic acids is 1. The molecular formula is C17H32NO2+. The highest BCUT2D eigenvalue weighted by atomic mass is 16.5. The zero-order chi connectivity index (χ0) is 14.4. The SMILES string of the molecule is CCCCCCCC[N+]12CCC(CC1)C(OC(C)=O)C2. The maximum absolute atomic E-state index is 11.2. The summed E-state index contributed by atoms with van der Waals surface area (Å²) in [5.41, 5.74) is 0. The fourth-order valence-corrected chi connectivity index (χ4v) is 4.11. The van der Waals surface area contributed by atoms with Crippen molar-refractivity contribution >= 4 is 5.97 Å². The van der Waals surface area contributed by atoms with Crippen LogP contribution in [0.15, 0.2) is 0 Å². The molecule has 0 amide bonds. The maximum atomic E-state index is 11.2. The molecular weight excluding hydrogens is 250 g/mol. The first-order valence-electron chi connectivity index (χ1n) is 8.67. The van der Waals surface area contributed by atoms with E-state index in [0.29, 0.717) is 5.92 Å². The van der Waals surface area contributed by atoms with Crippen molar-refractivity contribution < 1.29 is 14.0 Å². The Labute approximate surface area is 124 Å². The molecule has 3 heterocycles. The molecule has 3 fully saturated rings.